The first-order valence-electron chi connectivity index (χ1n) is 9.60. The molecule has 1 atom stereocenters. The van der Waals surface area contributed by atoms with E-state index in [4.69, 9.17) is 20.8 Å². The predicted octanol–water partition coefficient (Wildman–Crippen LogP) is 4.23. The molecule has 1 aromatic heterocycles. The maximum Gasteiger partial charge on any atom is 0.290 e. The predicted molar refractivity (Wildman–Crippen MR) is 116 cm³/mol. The van der Waals surface area contributed by atoms with Crippen LogP contribution in [0.15, 0.2) is 46.9 Å². The third-order valence-corrected chi connectivity index (χ3v) is 7.48. The number of aryl methyl sites for hydroxylation is 1. The van der Waals surface area contributed by atoms with Crippen molar-refractivity contribution in [3.8, 4) is 5.75 Å². The molecule has 8 heteroatoms. The van der Waals surface area contributed by atoms with E-state index in [2.05, 4.69) is 0 Å². The number of fused-ring (bicyclic) bond motifs is 1. The van der Waals surface area contributed by atoms with Crippen LogP contribution in [0.25, 0.3) is 11.0 Å². The summed E-state index contributed by atoms with van der Waals surface area (Å²) in [4.78, 5) is 15.2. The Kier molecular flexibility index (Phi) is 5.51. The Morgan fingerprint density at radius 2 is 2.07 bits per heavy atom. The molecule has 158 valence electrons. The van der Waals surface area contributed by atoms with Crippen LogP contribution >= 0.6 is 11.6 Å². The zero-order chi connectivity index (χ0) is 21.5. The Morgan fingerprint density at radius 1 is 1.27 bits per heavy atom. The number of halogens is 1. The summed E-state index contributed by atoms with van der Waals surface area (Å²) < 4.78 is 35.4. The van der Waals surface area contributed by atoms with Gasteiger partial charge in [-0.15, -0.1) is 0 Å². The first kappa shape index (κ1) is 20.8. The Bertz CT molecular complexity index is 1220. The summed E-state index contributed by atoms with van der Waals surface area (Å²) in [5.41, 5.74) is 2.11. The van der Waals surface area contributed by atoms with Gasteiger partial charge < -0.3 is 14.1 Å². The highest BCUT2D eigenvalue weighted by atomic mass is 35.5. The van der Waals surface area contributed by atoms with Crippen LogP contribution < -0.4 is 4.74 Å². The van der Waals surface area contributed by atoms with Gasteiger partial charge in [-0.1, -0.05) is 23.7 Å². The number of ether oxygens (including phenoxy) is 1. The van der Waals surface area contributed by atoms with Gasteiger partial charge in [0.25, 0.3) is 5.91 Å². The molecule has 1 saturated heterocycles. The lowest BCUT2D eigenvalue weighted by molar-refractivity contribution is 0.0649. The molecule has 2 aromatic carbocycles. The molecule has 1 fully saturated rings. The monoisotopic (exact) mass is 447 g/mol. The molecule has 0 radical (unpaired) electrons. The molecule has 0 saturated carbocycles. The van der Waals surface area contributed by atoms with Gasteiger partial charge in [0, 0.05) is 28.6 Å². The van der Waals surface area contributed by atoms with E-state index in [1.165, 1.54) is 0 Å². The minimum Gasteiger partial charge on any atom is -0.497 e. The van der Waals surface area contributed by atoms with Crippen LogP contribution in [-0.2, 0) is 16.4 Å². The van der Waals surface area contributed by atoms with Gasteiger partial charge in [0.05, 0.1) is 18.6 Å². The van der Waals surface area contributed by atoms with Crippen LogP contribution in [0, 0.1) is 6.92 Å². The minimum atomic E-state index is -3.17. The molecule has 1 aliphatic rings. The average Bonchev–Trinajstić information content (AvgIpc) is 3.25. The van der Waals surface area contributed by atoms with E-state index < -0.39 is 15.9 Å². The molecule has 4 rings (SSSR count). The lowest BCUT2D eigenvalue weighted by Crippen LogP contribution is -2.40. The highest BCUT2D eigenvalue weighted by molar-refractivity contribution is 7.91. The van der Waals surface area contributed by atoms with Crippen molar-refractivity contribution < 1.29 is 22.4 Å². The summed E-state index contributed by atoms with van der Waals surface area (Å²) in [5.74, 6) is 0.583. The second-order valence-electron chi connectivity index (χ2n) is 7.54. The quantitative estimate of drug-likeness (QED) is 0.584. The zero-order valence-corrected chi connectivity index (χ0v) is 18.3. The molecule has 2 heterocycles. The van der Waals surface area contributed by atoms with E-state index in [1.807, 2.05) is 31.2 Å². The smallest absolute Gasteiger partial charge is 0.290 e. The number of hydrogen-bond acceptors (Lipinski definition) is 5. The van der Waals surface area contributed by atoms with Crippen molar-refractivity contribution in [1.29, 1.82) is 0 Å². The van der Waals surface area contributed by atoms with Gasteiger partial charge in [-0.2, -0.15) is 0 Å². The molecular weight excluding hydrogens is 426 g/mol. The van der Waals surface area contributed by atoms with Gasteiger partial charge in [-0.3, -0.25) is 4.79 Å². The second kappa shape index (κ2) is 7.96. The Balaban J connectivity index is 1.73. The highest BCUT2D eigenvalue weighted by Crippen LogP contribution is 2.31. The fraction of sp³-hybridized carbons (Fsp3) is 0.318. The van der Waals surface area contributed by atoms with E-state index in [1.54, 1.807) is 30.2 Å². The summed E-state index contributed by atoms with van der Waals surface area (Å²) in [6.07, 6.45) is 0.406. The molecule has 0 bridgehead atoms. The van der Waals surface area contributed by atoms with Gasteiger partial charge in [0.2, 0.25) is 0 Å². The van der Waals surface area contributed by atoms with Crippen molar-refractivity contribution >= 4 is 38.3 Å². The summed E-state index contributed by atoms with van der Waals surface area (Å²) in [7, 11) is -1.59. The molecule has 30 heavy (non-hydrogen) atoms. The second-order valence-corrected chi connectivity index (χ2v) is 10.2. The summed E-state index contributed by atoms with van der Waals surface area (Å²) in [6.45, 7) is 2.07. The minimum absolute atomic E-state index is 0.0478. The first-order valence-corrected chi connectivity index (χ1v) is 11.8. The maximum absolute atomic E-state index is 13.6. The lowest BCUT2D eigenvalue weighted by atomic mass is 10.1. The number of nitrogens with zero attached hydrogens (tertiary/aromatic N) is 1. The van der Waals surface area contributed by atoms with Crippen molar-refractivity contribution in [2.24, 2.45) is 0 Å². The molecule has 1 aliphatic heterocycles. The summed E-state index contributed by atoms with van der Waals surface area (Å²) in [6, 6.07) is 12.2. The SMILES string of the molecule is COc1cccc(CN(C(=O)c2oc3ccc(Cl)cc3c2C)C2CCS(=O)(=O)C2)c1. The largest absolute Gasteiger partial charge is 0.497 e. The fourth-order valence-corrected chi connectivity index (χ4v) is 5.79. The van der Waals surface area contributed by atoms with Crippen LogP contribution in [0.5, 0.6) is 5.75 Å². The van der Waals surface area contributed by atoms with E-state index in [0.29, 0.717) is 28.3 Å². The number of amides is 1. The van der Waals surface area contributed by atoms with Crippen LogP contribution in [0.3, 0.4) is 0 Å². The van der Waals surface area contributed by atoms with Gasteiger partial charge >= 0.3 is 0 Å². The van der Waals surface area contributed by atoms with Crippen molar-refractivity contribution in [3.05, 3.63) is 64.4 Å². The summed E-state index contributed by atoms with van der Waals surface area (Å²) in [5, 5.41) is 1.33. The number of furan rings is 1. The van der Waals surface area contributed by atoms with Crippen LogP contribution in [-0.4, -0.2) is 43.9 Å². The van der Waals surface area contributed by atoms with Gasteiger partial charge in [0.1, 0.15) is 11.3 Å². The van der Waals surface area contributed by atoms with Gasteiger partial charge in [-0.05, 0) is 49.2 Å². The summed E-state index contributed by atoms with van der Waals surface area (Å²) >= 11 is 6.10. The Hall–Kier alpha value is -2.51. The van der Waals surface area contributed by atoms with Gasteiger partial charge in [0.15, 0.2) is 15.6 Å². The number of benzene rings is 2. The molecule has 0 spiro atoms. The topological polar surface area (TPSA) is 76.8 Å². The molecular formula is C22H22ClNO5S. The molecule has 1 amide bonds. The average molecular weight is 448 g/mol. The number of rotatable bonds is 5. The van der Waals surface area contributed by atoms with Crippen molar-refractivity contribution in [2.45, 2.75) is 25.9 Å². The van der Waals surface area contributed by atoms with Crippen molar-refractivity contribution in [3.63, 3.8) is 0 Å². The highest BCUT2D eigenvalue weighted by Gasteiger charge is 2.36. The van der Waals surface area contributed by atoms with Crippen LogP contribution in [0.1, 0.15) is 28.1 Å². The third kappa shape index (κ3) is 4.04. The van der Waals surface area contributed by atoms with Crippen LogP contribution in [0.4, 0.5) is 0 Å². The van der Waals surface area contributed by atoms with E-state index >= 15 is 0 Å². The van der Waals surface area contributed by atoms with Gasteiger partial charge in [-0.25, -0.2) is 8.42 Å². The zero-order valence-electron chi connectivity index (χ0n) is 16.7. The number of methoxy groups -OCH3 is 1. The van der Waals surface area contributed by atoms with Crippen LogP contribution in [0.2, 0.25) is 5.02 Å². The first-order chi connectivity index (χ1) is 14.3. The number of hydrogen-bond donors (Lipinski definition) is 0. The molecule has 3 aromatic rings. The molecule has 0 aliphatic carbocycles. The Labute approximate surface area is 180 Å². The van der Waals surface area contributed by atoms with Crippen molar-refractivity contribution in [1.82, 2.24) is 4.90 Å². The number of carbonyl (C=O) groups excluding carboxylic acids is 1. The number of sulfone groups is 1. The Morgan fingerprint density at radius 3 is 2.77 bits per heavy atom. The van der Waals surface area contributed by atoms with E-state index in [9.17, 15) is 13.2 Å². The number of carbonyl (C=O) groups is 1. The molecule has 0 N–H and O–H groups in total. The van der Waals surface area contributed by atoms with E-state index in [-0.39, 0.29) is 29.7 Å². The lowest BCUT2D eigenvalue weighted by Gasteiger charge is -2.28. The van der Waals surface area contributed by atoms with E-state index in [0.717, 1.165) is 10.9 Å². The van der Waals surface area contributed by atoms with Crippen molar-refractivity contribution in [2.75, 3.05) is 18.6 Å². The third-order valence-electron chi connectivity index (χ3n) is 5.49. The fourth-order valence-electron chi connectivity index (χ4n) is 3.88. The molecule has 6 nitrogen and oxygen atoms in total. The molecule has 1 unspecified atom stereocenters. The maximum atomic E-state index is 13.6. The normalized spacial score (nSPS) is 17.9. The standard InChI is InChI=1S/C22H22ClNO5S/c1-14-19-11-16(23)6-7-20(19)29-21(14)22(25)24(17-8-9-30(26,27)13-17)12-15-4-3-5-18(10-15)28-2/h3-7,10-11,17H,8-9,12-13H2,1-2H3.